The first-order valence-corrected chi connectivity index (χ1v) is 9.08. The van der Waals surface area contributed by atoms with Crippen LogP contribution in [-0.4, -0.2) is 11.9 Å². The van der Waals surface area contributed by atoms with Crippen molar-refractivity contribution >= 4 is 28.9 Å². The average Bonchev–Trinajstić information content (AvgIpc) is 3.04. The second-order valence-electron chi connectivity index (χ2n) is 6.73. The van der Waals surface area contributed by atoms with Crippen LogP contribution < -0.4 is 16.4 Å². The van der Waals surface area contributed by atoms with Crippen LogP contribution in [-0.2, 0) is 4.79 Å². The van der Waals surface area contributed by atoms with Gasteiger partial charge >= 0.3 is 0 Å². The summed E-state index contributed by atoms with van der Waals surface area (Å²) in [6, 6.07) is 16.0. The lowest BCUT2D eigenvalue weighted by molar-refractivity contribution is -0.119. The largest absolute Gasteiger partial charge is 0.377 e. The first kappa shape index (κ1) is 17.8. The molecular formula is C20H24ClN3O. The smallest absolute Gasteiger partial charge is 0.227 e. The first-order chi connectivity index (χ1) is 12.0. The number of halogens is 1. The summed E-state index contributed by atoms with van der Waals surface area (Å²) >= 11 is 6.39. The monoisotopic (exact) mass is 357 g/mol. The number of nitrogens with one attached hydrogen (secondary N) is 2. The SMILES string of the molecule is CC(Nc1ccc(NC(=O)C2CCC(N)C2)cc1Cl)c1ccccc1. The lowest BCUT2D eigenvalue weighted by Crippen LogP contribution is -2.23. The fourth-order valence-electron chi connectivity index (χ4n) is 3.27. The molecule has 0 saturated heterocycles. The van der Waals surface area contributed by atoms with Gasteiger partial charge in [-0.25, -0.2) is 0 Å². The van der Waals surface area contributed by atoms with Crippen LogP contribution in [0.15, 0.2) is 48.5 Å². The summed E-state index contributed by atoms with van der Waals surface area (Å²) in [5.41, 5.74) is 8.64. The molecule has 0 bridgehead atoms. The fourth-order valence-corrected chi connectivity index (χ4v) is 3.50. The number of benzene rings is 2. The summed E-state index contributed by atoms with van der Waals surface area (Å²) in [5, 5.41) is 6.94. The van der Waals surface area contributed by atoms with Crippen molar-refractivity contribution in [2.45, 2.75) is 38.3 Å². The lowest BCUT2D eigenvalue weighted by atomic mass is 10.1. The van der Waals surface area contributed by atoms with E-state index < -0.39 is 0 Å². The van der Waals surface area contributed by atoms with Gasteiger partial charge in [0.05, 0.1) is 10.7 Å². The summed E-state index contributed by atoms with van der Waals surface area (Å²) in [4.78, 5) is 12.3. The highest BCUT2D eigenvalue weighted by atomic mass is 35.5. The Hall–Kier alpha value is -2.04. The third-order valence-corrected chi connectivity index (χ3v) is 5.06. The van der Waals surface area contributed by atoms with Gasteiger partial charge in [-0.1, -0.05) is 41.9 Å². The predicted molar refractivity (Wildman–Crippen MR) is 104 cm³/mol. The maximum absolute atomic E-state index is 12.3. The van der Waals surface area contributed by atoms with Gasteiger partial charge in [0, 0.05) is 23.7 Å². The van der Waals surface area contributed by atoms with Gasteiger partial charge < -0.3 is 16.4 Å². The van der Waals surface area contributed by atoms with E-state index in [0.717, 1.165) is 24.9 Å². The molecule has 5 heteroatoms. The van der Waals surface area contributed by atoms with Gasteiger partial charge in [0.1, 0.15) is 0 Å². The summed E-state index contributed by atoms with van der Waals surface area (Å²) in [6.45, 7) is 2.09. The van der Waals surface area contributed by atoms with E-state index in [-0.39, 0.29) is 23.9 Å². The van der Waals surface area contributed by atoms with E-state index in [1.165, 1.54) is 5.56 Å². The average molecular weight is 358 g/mol. The van der Waals surface area contributed by atoms with Crippen LogP contribution in [0.3, 0.4) is 0 Å². The molecule has 25 heavy (non-hydrogen) atoms. The first-order valence-electron chi connectivity index (χ1n) is 8.70. The topological polar surface area (TPSA) is 67.1 Å². The minimum Gasteiger partial charge on any atom is -0.377 e. The normalized spacial score (nSPS) is 20.9. The highest BCUT2D eigenvalue weighted by Crippen LogP contribution is 2.30. The van der Waals surface area contributed by atoms with E-state index in [9.17, 15) is 4.79 Å². The quantitative estimate of drug-likeness (QED) is 0.733. The Morgan fingerprint density at radius 1 is 1.20 bits per heavy atom. The van der Waals surface area contributed by atoms with Crippen molar-refractivity contribution in [3.8, 4) is 0 Å². The van der Waals surface area contributed by atoms with Crippen molar-refractivity contribution in [3.63, 3.8) is 0 Å². The Bertz CT molecular complexity index is 735. The molecule has 0 aromatic heterocycles. The summed E-state index contributed by atoms with van der Waals surface area (Å²) in [5.74, 6) is 0.0343. The number of carbonyl (C=O) groups is 1. The molecule has 2 aromatic rings. The molecule has 1 aliphatic rings. The van der Waals surface area contributed by atoms with E-state index in [1.807, 2.05) is 30.3 Å². The Morgan fingerprint density at radius 2 is 1.96 bits per heavy atom. The van der Waals surface area contributed by atoms with Crippen LogP contribution in [0.5, 0.6) is 0 Å². The third kappa shape index (κ3) is 4.53. The molecule has 3 rings (SSSR count). The number of rotatable bonds is 5. The molecule has 3 atom stereocenters. The van der Waals surface area contributed by atoms with Crippen LogP contribution >= 0.6 is 11.6 Å². The molecule has 2 aromatic carbocycles. The second kappa shape index (κ2) is 7.89. The standard InChI is InChI=1S/C20H24ClN3O/c1-13(14-5-3-2-4-6-14)23-19-10-9-17(12-18(19)21)24-20(25)15-7-8-16(22)11-15/h2-6,9-10,12-13,15-16,23H,7-8,11,22H2,1H3,(H,24,25). The molecule has 4 N–H and O–H groups in total. The summed E-state index contributed by atoms with van der Waals surface area (Å²) in [7, 11) is 0. The molecule has 1 fully saturated rings. The van der Waals surface area contributed by atoms with Gasteiger partial charge in [-0.3, -0.25) is 4.79 Å². The molecule has 0 aliphatic heterocycles. The minimum atomic E-state index is 0.00433. The van der Waals surface area contributed by atoms with Crippen LogP contribution in [0.1, 0.15) is 37.8 Å². The van der Waals surface area contributed by atoms with E-state index in [2.05, 4.69) is 29.7 Å². The lowest BCUT2D eigenvalue weighted by Gasteiger charge is -2.18. The highest BCUT2D eigenvalue weighted by molar-refractivity contribution is 6.33. The van der Waals surface area contributed by atoms with E-state index in [1.54, 1.807) is 6.07 Å². The molecular weight excluding hydrogens is 334 g/mol. The Kier molecular flexibility index (Phi) is 5.61. The van der Waals surface area contributed by atoms with Gasteiger partial charge in [0.25, 0.3) is 0 Å². The number of hydrogen-bond donors (Lipinski definition) is 3. The van der Waals surface area contributed by atoms with Crippen molar-refractivity contribution in [3.05, 3.63) is 59.1 Å². The Balaban J connectivity index is 1.63. The second-order valence-corrected chi connectivity index (χ2v) is 7.14. The molecule has 3 unspecified atom stereocenters. The number of nitrogens with two attached hydrogens (primary N) is 1. The van der Waals surface area contributed by atoms with E-state index >= 15 is 0 Å². The van der Waals surface area contributed by atoms with Crippen LogP contribution in [0, 0.1) is 5.92 Å². The maximum atomic E-state index is 12.3. The maximum Gasteiger partial charge on any atom is 0.227 e. The van der Waals surface area contributed by atoms with E-state index in [4.69, 9.17) is 17.3 Å². The predicted octanol–water partition coefficient (Wildman–Crippen LogP) is 4.58. The van der Waals surface area contributed by atoms with Crippen molar-refractivity contribution in [2.75, 3.05) is 10.6 Å². The zero-order chi connectivity index (χ0) is 17.8. The minimum absolute atomic E-state index is 0.00433. The van der Waals surface area contributed by atoms with Crippen LogP contribution in [0.4, 0.5) is 11.4 Å². The molecule has 4 nitrogen and oxygen atoms in total. The Labute approximate surface area is 153 Å². The zero-order valence-electron chi connectivity index (χ0n) is 14.3. The van der Waals surface area contributed by atoms with Gasteiger partial charge in [-0.05, 0) is 49.9 Å². The Morgan fingerprint density at radius 3 is 2.60 bits per heavy atom. The van der Waals surface area contributed by atoms with Crippen molar-refractivity contribution < 1.29 is 4.79 Å². The molecule has 1 saturated carbocycles. The zero-order valence-corrected chi connectivity index (χ0v) is 15.1. The van der Waals surface area contributed by atoms with Crippen molar-refractivity contribution in [2.24, 2.45) is 11.7 Å². The van der Waals surface area contributed by atoms with E-state index in [0.29, 0.717) is 10.7 Å². The number of hydrogen-bond acceptors (Lipinski definition) is 3. The fraction of sp³-hybridized carbons (Fsp3) is 0.350. The molecule has 0 heterocycles. The van der Waals surface area contributed by atoms with Gasteiger partial charge in [-0.15, -0.1) is 0 Å². The number of anilines is 2. The number of amides is 1. The van der Waals surface area contributed by atoms with Crippen LogP contribution in [0.25, 0.3) is 0 Å². The molecule has 132 valence electrons. The van der Waals surface area contributed by atoms with Gasteiger partial charge in [0.15, 0.2) is 0 Å². The van der Waals surface area contributed by atoms with Crippen LogP contribution in [0.2, 0.25) is 5.02 Å². The molecule has 1 amide bonds. The third-order valence-electron chi connectivity index (χ3n) is 4.75. The summed E-state index contributed by atoms with van der Waals surface area (Å²) < 4.78 is 0. The molecule has 1 aliphatic carbocycles. The molecule has 0 spiro atoms. The van der Waals surface area contributed by atoms with Gasteiger partial charge in [-0.2, -0.15) is 0 Å². The molecule has 0 radical (unpaired) electrons. The van der Waals surface area contributed by atoms with Crippen molar-refractivity contribution in [1.82, 2.24) is 0 Å². The summed E-state index contributed by atoms with van der Waals surface area (Å²) in [6.07, 6.45) is 2.53. The van der Waals surface area contributed by atoms with Crippen molar-refractivity contribution in [1.29, 1.82) is 0 Å². The number of carbonyl (C=O) groups excluding carboxylic acids is 1. The highest BCUT2D eigenvalue weighted by Gasteiger charge is 2.27. The van der Waals surface area contributed by atoms with Gasteiger partial charge in [0.2, 0.25) is 5.91 Å².